The van der Waals surface area contributed by atoms with Crippen LogP contribution in [-0.4, -0.2) is 22.9 Å². The van der Waals surface area contributed by atoms with Crippen LogP contribution >= 0.6 is 0 Å². The van der Waals surface area contributed by atoms with Gasteiger partial charge in [0.15, 0.2) is 0 Å². The van der Waals surface area contributed by atoms with Crippen LogP contribution in [0.1, 0.15) is 56.2 Å². The molecule has 0 radical (unpaired) electrons. The van der Waals surface area contributed by atoms with Gasteiger partial charge in [-0.2, -0.15) is 5.10 Å². The first-order valence-corrected chi connectivity index (χ1v) is 6.69. The Kier molecular flexibility index (Phi) is 2.96. The van der Waals surface area contributed by atoms with Crippen LogP contribution in [0.25, 0.3) is 0 Å². The fourth-order valence-corrected chi connectivity index (χ4v) is 2.97. The third-order valence-corrected chi connectivity index (χ3v) is 4.08. The molecule has 0 aromatic carbocycles. The number of rotatable bonds is 2. The Morgan fingerprint density at radius 3 is 2.50 bits per heavy atom. The molecule has 1 aliphatic heterocycles. The van der Waals surface area contributed by atoms with Crippen molar-refractivity contribution in [2.45, 2.75) is 50.5 Å². The lowest BCUT2D eigenvalue weighted by atomic mass is 9.96. The average molecular weight is 219 g/mol. The quantitative estimate of drug-likeness (QED) is 0.774. The average Bonchev–Trinajstić information content (AvgIpc) is 2.52. The monoisotopic (exact) mass is 219 g/mol. The third kappa shape index (κ3) is 1.88. The van der Waals surface area contributed by atoms with E-state index in [0.29, 0.717) is 6.04 Å². The Morgan fingerprint density at radius 2 is 1.88 bits per heavy atom. The van der Waals surface area contributed by atoms with Gasteiger partial charge in [0.2, 0.25) is 0 Å². The molecule has 16 heavy (non-hydrogen) atoms. The summed E-state index contributed by atoms with van der Waals surface area (Å²) in [7, 11) is 0. The summed E-state index contributed by atoms with van der Waals surface area (Å²) in [6.45, 7) is 2.20. The molecule has 1 N–H and O–H groups in total. The molecule has 3 nitrogen and oxygen atoms in total. The normalized spacial score (nSPS) is 24.0. The van der Waals surface area contributed by atoms with E-state index in [1.165, 1.54) is 44.2 Å². The maximum absolute atomic E-state index is 4.52. The van der Waals surface area contributed by atoms with E-state index >= 15 is 0 Å². The summed E-state index contributed by atoms with van der Waals surface area (Å²) in [5, 5.41) is 7.85. The summed E-state index contributed by atoms with van der Waals surface area (Å²) in [4.78, 5) is 0. The van der Waals surface area contributed by atoms with Gasteiger partial charge < -0.3 is 5.32 Å². The SMILES string of the molecule is c1cc(C2CCCCCC2)n(C2CNC2)n1. The van der Waals surface area contributed by atoms with Crippen LogP contribution in [0.3, 0.4) is 0 Å². The van der Waals surface area contributed by atoms with Crippen molar-refractivity contribution >= 4 is 0 Å². The highest BCUT2D eigenvalue weighted by atomic mass is 15.3. The van der Waals surface area contributed by atoms with Crippen LogP contribution in [0.2, 0.25) is 0 Å². The highest BCUT2D eigenvalue weighted by Crippen LogP contribution is 2.32. The second-order valence-electron chi connectivity index (χ2n) is 5.20. The first kappa shape index (κ1) is 10.3. The van der Waals surface area contributed by atoms with Gasteiger partial charge in [-0.05, 0) is 18.9 Å². The van der Waals surface area contributed by atoms with Crippen LogP contribution in [0.4, 0.5) is 0 Å². The molecule has 0 atom stereocenters. The predicted octanol–water partition coefficient (Wildman–Crippen LogP) is 2.47. The van der Waals surface area contributed by atoms with Gasteiger partial charge in [0.1, 0.15) is 0 Å². The maximum atomic E-state index is 4.52. The Morgan fingerprint density at radius 1 is 1.12 bits per heavy atom. The molecule has 1 saturated heterocycles. The van der Waals surface area contributed by atoms with E-state index in [9.17, 15) is 0 Å². The molecule has 88 valence electrons. The molecule has 2 heterocycles. The summed E-state index contributed by atoms with van der Waals surface area (Å²) in [5.74, 6) is 0.769. The highest BCUT2D eigenvalue weighted by molar-refractivity contribution is 5.10. The van der Waals surface area contributed by atoms with Gasteiger partial charge in [0.05, 0.1) is 6.04 Å². The van der Waals surface area contributed by atoms with Crippen molar-refractivity contribution in [2.75, 3.05) is 13.1 Å². The van der Waals surface area contributed by atoms with Crippen molar-refractivity contribution in [1.82, 2.24) is 15.1 Å². The number of hydrogen-bond acceptors (Lipinski definition) is 2. The van der Waals surface area contributed by atoms with Gasteiger partial charge in [-0.1, -0.05) is 25.7 Å². The van der Waals surface area contributed by atoms with Gasteiger partial charge >= 0.3 is 0 Å². The van der Waals surface area contributed by atoms with E-state index in [0.717, 1.165) is 19.0 Å². The number of nitrogens with zero attached hydrogens (tertiary/aromatic N) is 2. The summed E-state index contributed by atoms with van der Waals surface area (Å²) >= 11 is 0. The van der Waals surface area contributed by atoms with Crippen molar-refractivity contribution in [3.63, 3.8) is 0 Å². The molecular formula is C13H21N3. The fraction of sp³-hybridized carbons (Fsp3) is 0.769. The zero-order valence-electron chi connectivity index (χ0n) is 9.86. The molecular weight excluding hydrogens is 198 g/mol. The van der Waals surface area contributed by atoms with E-state index < -0.39 is 0 Å². The second-order valence-corrected chi connectivity index (χ2v) is 5.20. The second kappa shape index (κ2) is 4.58. The lowest BCUT2D eigenvalue weighted by Crippen LogP contribution is -2.44. The Balaban J connectivity index is 1.78. The summed E-state index contributed by atoms with van der Waals surface area (Å²) in [6.07, 6.45) is 10.4. The Hall–Kier alpha value is -0.830. The van der Waals surface area contributed by atoms with E-state index in [-0.39, 0.29) is 0 Å². The predicted molar refractivity (Wildman–Crippen MR) is 64.6 cm³/mol. The molecule has 0 amide bonds. The van der Waals surface area contributed by atoms with Crippen molar-refractivity contribution in [3.05, 3.63) is 18.0 Å². The fourth-order valence-electron chi connectivity index (χ4n) is 2.97. The first-order chi connectivity index (χ1) is 7.95. The van der Waals surface area contributed by atoms with Gasteiger partial charge in [0, 0.05) is 30.9 Å². The molecule has 3 rings (SSSR count). The molecule has 0 unspecified atom stereocenters. The van der Waals surface area contributed by atoms with Crippen LogP contribution in [0, 0.1) is 0 Å². The maximum Gasteiger partial charge on any atom is 0.0771 e. The zero-order chi connectivity index (χ0) is 10.8. The largest absolute Gasteiger partial charge is 0.312 e. The molecule has 1 aromatic rings. The van der Waals surface area contributed by atoms with Crippen LogP contribution < -0.4 is 5.32 Å². The smallest absolute Gasteiger partial charge is 0.0771 e. The molecule has 3 heteroatoms. The van der Waals surface area contributed by atoms with Crippen LogP contribution in [0.5, 0.6) is 0 Å². The van der Waals surface area contributed by atoms with Crippen molar-refractivity contribution < 1.29 is 0 Å². The van der Waals surface area contributed by atoms with Crippen molar-refractivity contribution in [3.8, 4) is 0 Å². The molecule has 1 aliphatic carbocycles. The number of nitrogens with one attached hydrogen (secondary N) is 1. The van der Waals surface area contributed by atoms with Crippen molar-refractivity contribution in [1.29, 1.82) is 0 Å². The van der Waals surface area contributed by atoms with Gasteiger partial charge in [-0.25, -0.2) is 0 Å². The Bertz CT molecular complexity index is 333. The van der Waals surface area contributed by atoms with Crippen molar-refractivity contribution in [2.24, 2.45) is 0 Å². The molecule has 2 aliphatic rings. The lowest BCUT2D eigenvalue weighted by molar-refractivity contribution is 0.303. The van der Waals surface area contributed by atoms with E-state index in [1.54, 1.807) is 0 Å². The van der Waals surface area contributed by atoms with Gasteiger partial charge in [-0.3, -0.25) is 4.68 Å². The first-order valence-electron chi connectivity index (χ1n) is 6.69. The molecule has 1 saturated carbocycles. The minimum Gasteiger partial charge on any atom is -0.312 e. The topological polar surface area (TPSA) is 29.9 Å². The summed E-state index contributed by atoms with van der Waals surface area (Å²) in [5.41, 5.74) is 1.49. The Labute approximate surface area is 97.2 Å². The molecule has 0 spiro atoms. The minimum atomic E-state index is 0.619. The van der Waals surface area contributed by atoms with E-state index in [1.807, 2.05) is 6.20 Å². The summed E-state index contributed by atoms with van der Waals surface area (Å²) in [6, 6.07) is 2.86. The number of hydrogen-bond donors (Lipinski definition) is 1. The minimum absolute atomic E-state index is 0.619. The third-order valence-electron chi connectivity index (χ3n) is 4.08. The molecule has 2 fully saturated rings. The van der Waals surface area contributed by atoms with E-state index in [2.05, 4.69) is 21.2 Å². The molecule has 1 aromatic heterocycles. The molecule has 0 bridgehead atoms. The van der Waals surface area contributed by atoms with Crippen LogP contribution in [-0.2, 0) is 0 Å². The van der Waals surface area contributed by atoms with E-state index in [4.69, 9.17) is 0 Å². The van der Waals surface area contributed by atoms with Gasteiger partial charge in [-0.15, -0.1) is 0 Å². The zero-order valence-corrected chi connectivity index (χ0v) is 9.86. The highest BCUT2D eigenvalue weighted by Gasteiger charge is 2.25. The summed E-state index contributed by atoms with van der Waals surface area (Å²) < 4.78 is 2.28. The van der Waals surface area contributed by atoms with Gasteiger partial charge in [0.25, 0.3) is 0 Å². The standard InChI is InChI=1S/C13H21N3/c1-2-4-6-11(5-3-1)13-7-8-15-16(13)12-9-14-10-12/h7-8,11-12,14H,1-6,9-10H2. The lowest BCUT2D eigenvalue weighted by Gasteiger charge is -2.30. The number of aromatic nitrogens is 2. The van der Waals surface area contributed by atoms with Crippen LogP contribution in [0.15, 0.2) is 12.3 Å².